The monoisotopic (exact) mass is 318 g/mol. The fraction of sp³-hybridized carbons (Fsp3) is 0.632. The van der Waals surface area contributed by atoms with Gasteiger partial charge in [-0.3, -0.25) is 9.69 Å². The maximum atomic E-state index is 12.1. The maximum absolute atomic E-state index is 12.1. The van der Waals surface area contributed by atoms with E-state index in [4.69, 9.17) is 4.74 Å². The van der Waals surface area contributed by atoms with Crippen molar-refractivity contribution in [2.24, 2.45) is 5.92 Å². The van der Waals surface area contributed by atoms with E-state index in [1.54, 1.807) is 0 Å². The van der Waals surface area contributed by atoms with Crippen molar-refractivity contribution in [2.45, 2.75) is 39.2 Å². The van der Waals surface area contributed by atoms with E-state index in [2.05, 4.69) is 43.1 Å². The Hall–Kier alpha value is -1.39. The van der Waals surface area contributed by atoms with Gasteiger partial charge in [0.1, 0.15) is 0 Å². The summed E-state index contributed by atoms with van der Waals surface area (Å²) in [5.41, 5.74) is 1.21. The molecule has 23 heavy (non-hydrogen) atoms. The van der Waals surface area contributed by atoms with E-state index in [1.807, 2.05) is 18.2 Å². The average molecular weight is 318 g/mol. The Morgan fingerprint density at radius 3 is 2.74 bits per heavy atom. The van der Waals surface area contributed by atoms with Crippen LogP contribution in [-0.2, 0) is 9.53 Å². The Morgan fingerprint density at radius 1 is 1.30 bits per heavy atom. The zero-order valence-electron chi connectivity index (χ0n) is 14.6. The van der Waals surface area contributed by atoms with Gasteiger partial charge in [0.05, 0.1) is 12.7 Å². The molecule has 1 aliphatic heterocycles. The summed E-state index contributed by atoms with van der Waals surface area (Å²) < 4.78 is 5.77. The molecular formula is C19H30N2O2. The van der Waals surface area contributed by atoms with Gasteiger partial charge in [0.15, 0.2) is 0 Å². The summed E-state index contributed by atoms with van der Waals surface area (Å²) in [5.74, 6) is 1.00. The van der Waals surface area contributed by atoms with Crippen LogP contribution in [0.4, 0.5) is 0 Å². The lowest BCUT2D eigenvalue weighted by atomic mass is 9.97. The first-order valence-electron chi connectivity index (χ1n) is 8.70. The van der Waals surface area contributed by atoms with E-state index in [0.29, 0.717) is 18.9 Å². The zero-order valence-corrected chi connectivity index (χ0v) is 14.6. The molecule has 2 atom stereocenters. The summed E-state index contributed by atoms with van der Waals surface area (Å²) in [5, 5.41) is 3.04. The molecule has 1 fully saturated rings. The standard InChI is InChI=1S/C19H30N2O2/c1-15(2)13-21-9-10-23-18(14-21)12-20-19(22)11-16(3)17-7-5-4-6-8-17/h4-8,15-16,18H,9-14H2,1-3H3,(H,20,22). The molecule has 1 amide bonds. The van der Waals surface area contributed by atoms with Gasteiger partial charge in [-0.15, -0.1) is 0 Å². The number of hydrogen-bond donors (Lipinski definition) is 1. The van der Waals surface area contributed by atoms with E-state index in [9.17, 15) is 4.79 Å². The molecule has 0 bridgehead atoms. The summed E-state index contributed by atoms with van der Waals surface area (Å²) in [6.07, 6.45) is 0.630. The topological polar surface area (TPSA) is 41.6 Å². The quantitative estimate of drug-likeness (QED) is 0.840. The molecule has 2 unspecified atom stereocenters. The van der Waals surface area contributed by atoms with Crippen LogP contribution >= 0.6 is 0 Å². The lowest BCUT2D eigenvalue weighted by Gasteiger charge is -2.34. The largest absolute Gasteiger partial charge is 0.374 e. The van der Waals surface area contributed by atoms with Crippen molar-refractivity contribution < 1.29 is 9.53 Å². The number of ether oxygens (including phenoxy) is 1. The zero-order chi connectivity index (χ0) is 16.7. The van der Waals surface area contributed by atoms with Crippen LogP contribution in [0.5, 0.6) is 0 Å². The first kappa shape index (κ1) is 18.0. The van der Waals surface area contributed by atoms with E-state index < -0.39 is 0 Å². The van der Waals surface area contributed by atoms with E-state index >= 15 is 0 Å². The highest BCUT2D eigenvalue weighted by molar-refractivity contribution is 5.76. The predicted octanol–water partition coefficient (Wildman–Crippen LogP) is 2.65. The molecule has 4 heteroatoms. The van der Waals surface area contributed by atoms with Crippen LogP contribution in [0.2, 0.25) is 0 Å². The summed E-state index contributed by atoms with van der Waals surface area (Å²) in [4.78, 5) is 14.6. The number of carbonyl (C=O) groups is 1. The molecule has 0 radical (unpaired) electrons. The molecule has 1 aromatic carbocycles. The van der Waals surface area contributed by atoms with Gasteiger partial charge in [-0.1, -0.05) is 51.1 Å². The molecule has 1 N–H and O–H groups in total. The van der Waals surface area contributed by atoms with Crippen molar-refractivity contribution in [2.75, 3.05) is 32.8 Å². The summed E-state index contributed by atoms with van der Waals surface area (Å²) in [6, 6.07) is 10.2. The first-order valence-corrected chi connectivity index (χ1v) is 8.70. The van der Waals surface area contributed by atoms with Gasteiger partial charge in [0.25, 0.3) is 0 Å². The second-order valence-corrected chi connectivity index (χ2v) is 6.97. The minimum absolute atomic E-state index is 0.103. The minimum atomic E-state index is 0.103. The van der Waals surface area contributed by atoms with E-state index in [-0.39, 0.29) is 17.9 Å². The number of benzene rings is 1. The van der Waals surface area contributed by atoms with Gasteiger partial charge in [0, 0.05) is 32.6 Å². The van der Waals surface area contributed by atoms with Crippen molar-refractivity contribution >= 4 is 5.91 Å². The maximum Gasteiger partial charge on any atom is 0.220 e. The van der Waals surface area contributed by atoms with Crippen molar-refractivity contribution in [1.82, 2.24) is 10.2 Å². The molecule has 4 nitrogen and oxygen atoms in total. The van der Waals surface area contributed by atoms with E-state index in [0.717, 1.165) is 26.2 Å². The third-order valence-electron chi connectivity index (χ3n) is 4.23. The Kier molecular flexibility index (Phi) is 7.06. The first-order chi connectivity index (χ1) is 11.0. The second-order valence-electron chi connectivity index (χ2n) is 6.97. The summed E-state index contributed by atoms with van der Waals surface area (Å²) in [6.45, 7) is 10.9. The van der Waals surface area contributed by atoms with Crippen LogP contribution in [0, 0.1) is 5.92 Å². The molecule has 1 saturated heterocycles. The highest BCUT2D eigenvalue weighted by Gasteiger charge is 2.21. The fourth-order valence-corrected chi connectivity index (χ4v) is 3.06. The molecule has 0 aliphatic carbocycles. The number of nitrogens with one attached hydrogen (secondary N) is 1. The molecule has 0 aromatic heterocycles. The summed E-state index contributed by atoms with van der Waals surface area (Å²) >= 11 is 0. The van der Waals surface area contributed by atoms with Crippen LogP contribution in [0.3, 0.4) is 0 Å². The van der Waals surface area contributed by atoms with Gasteiger partial charge in [-0.05, 0) is 17.4 Å². The Balaban J connectivity index is 1.71. The molecule has 1 aromatic rings. The number of amides is 1. The SMILES string of the molecule is CC(C)CN1CCOC(CNC(=O)CC(C)c2ccccc2)C1. The van der Waals surface area contributed by atoms with Crippen molar-refractivity contribution in [3.63, 3.8) is 0 Å². The molecule has 2 rings (SSSR count). The molecular weight excluding hydrogens is 288 g/mol. The molecule has 0 saturated carbocycles. The third-order valence-corrected chi connectivity index (χ3v) is 4.23. The minimum Gasteiger partial charge on any atom is -0.374 e. The predicted molar refractivity (Wildman–Crippen MR) is 93.5 cm³/mol. The molecule has 0 spiro atoms. The van der Waals surface area contributed by atoms with Crippen LogP contribution in [-0.4, -0.2) is 49.7 Å². The van der Waals surface area contributed by atoms with Gasteiger partial charge >= 0.3 is 0 Å². The number of nitrogens with zero attached hydrogens (tertiary/aromatic N) is 1. The van der Waals surface area contributed by atoms with Crippen molar-refractivity contribution in [3.05, 3.63) is 35.9 Å². The average Bonchev–Trinajstić information content (AvgIpc) is 2.53. The Morgan fingerprint density at radius 2 is 2.04 bits per heavy atom. The van der Waals surface area contributed by atoms with E-state index in [1.165, 1.54) is 5.56 Å². The number of rotatable bonds is 7. The van der Waals surface area contributed by atoms with Gasteiger partial charge < -0.3 is 10.1 Å². The number of carbonyl (C=O) groups excluding carboxylic acids is 1. The van der Waals surface area contributed by atoms with Gasteiger partial charge in [-0.2, -0.15) is 0 Å². The molecule has 128 valence electrons. The molecule has 1 heterocycles. The lowest BCUT2D eigenvalue weighted by Crippen LogP contribution is -2.48. The fourth-order valence-electron chi connectivity index (χ4n) is 3.06. The number of hydrogen-bond acceptors (Lipinski definition) is 3. The molecule has 1 aliphatic rings. The summed E-state index contributed by atoms with van der Waals surface area (Å²) in [7, 11) is 0. The van der Waals surface area contributed by atoms with Gasteiger partial charge in [0.2, 0.25) is 5.91 Å². The lowest BCUT2D eigenvalue weighted by molar-refractivity contribution is -0.122. The van der Waals surface area contributed by atoms with Crippen LogP contribution in [0.25, 0.3) is 0 Å². The Bertz CT molecular complexity index is 476. The van der Waals surface area contributed by atoms with Crippen LogP contribution < -0.4 is 5.32 Å². The normalized spacial score (nSPS) is 20.4. The number of morpholine rings is 1. The highest BCUT2D eigenvalue weighted by atomic mass is 16.5. The highest BCUT2D eigenvalue weighted by Crippen LogP contribution is 2.18. The second kappa shape index (κ2) is 9.04. The van der Waals surface area contributed by atoms with Gasteiger partial charge in [-0.25, -0.2) is 0 Å². The van der Waals surface area contributed by atoms with Crippen molar-refractivity contribution in [3.8, 4) is 0 Å². The smallest absolute Gasteiger partial charge is 0.220 e. The Labute approximate surface area is 140 Å². The third kappa shape index (κ3) is 6.32. The van der Waals surface area contributed by atoms with Crippen LogP contribution in [0.1, 0.15) is 38.7 Å². The van der Waals surface area contributed by atoms with Crippen LogP contribution in [0.15, 0.2) is 30.3 Å². The van der Waals surface area contributed by atoms with Crippen molar-refractivity contribution in [1.29, 1.82) is 0 Å².